The summed E-state index contributed by atoms with van der Waals surface area (Å²) in [5, 5.41) is 4.07. The number of alkyl halides is 2. The van der Waals surface area contributed by atoms with Crippen molar-refractivity contribution in [2.24, 2.45) is 0 Å². The fourth-order valence-corrected chi connectivity index (χ4v) is 4.74. The number of benzene rings is 1. The molecule has 1 saturated heterocycles. The maximum atomic E-state index is 14.5. The molecule has 1 aliphatic heterocycles. The molecule has 1 fully saturated rings. The predicted molar refractivity (Wildman–Crippen MR) is 136 cm³/mol. The third-order valence-corrected chi connectivity index (χ3v) is 6.72. The number of nitrogens with two attached hydrogens (primary N) is 1. The standard InChI is InChI=1S/C26H33F2N5O4/c1-15(20-10-17(11-23(29)33-20)26(27,28)14-34-3)30-24-18-12-19(25(36-5)6-8-37-9-7-25)22(35-4)13-21(18)31-16(2)32-24/h10-13,15H,6-9,14H2,1-5H3,(H2,29,33)(H,30,31,32)/t15-/m1/s1. The number of hydrogen-bond donors (Lipinski definition) is 2. The van der Waals surface area contributed by atoms with E-state index in [0.29, 0.717) is 54.7 Å². The van der Waals surface area contributed by atoms with E-state index in [9.17, 15) is 8.78 Å². The van der Waals surface area contributed by atoms with E-state index in [1.54, 1.807) is 21.1 Å². The number of pyridine rings is 1. The van der Waals surface area contributed by atoms with E-state index in [0.717, 1.165) is 17.0 Å². The first-order valence-corrected chi connectivity index (χ1v) is 12.0. The van der Waals surface area contributed by atoms with E-state index < -0.39 is 24.2 Å². The summed E-state index contributed by atoms with van der Waals surface area (Å²) in [5.74, 6) is -1.48. The Morgan fingerprint density at radius 2 is 1.84 bits per heavy atom. The Balaban J connectivity index is 1.77. The largest absolute Gasteiger partial charge is 0.496 e. The fraction of sp³-hybridized carbons (Fsp3) is 0.500. The molecule has 0 aliphatic carbocycles. The number of rotatable bonds is 9. The number of ether oxygens (including phenoxy) is 4. The molecule has 1 atom stereocenters. The molecule has 0 bridgehead atoms. The third kappa shape index (κ3) is 5.43. The Labute approximate surface area is 214 Å². The van der Waals surface area contributed by atoms with Gasteiger partial charge >= 0.3 is 0 Å². The average Bonchev–Trinajstić information content (AvgIpc) is 2.87. The summed E-state index contributed by atoms with van der Waals surface area (Å²) in [6, 6.07) is 5.84. The van der Waals surface area contributed by atoms with Gasteiger partial charge < -0.3 is 30.0 Å². The van der Waals surface area contributed by atoms with Crippen LogP contribution in [0.4, 0.5) is 20.4 Å². The van der Waals surface area contributed by atoms with Crippen molar-refractivity contribution in [3.8, 4) is 5.75 Å². The van der Waals surface area contributed by atoms with Gasteiger partial charge in [0.05, 0.1) is 24.4 Å². The molecule has 37 heavy (non-hydrogen) atoms. The summed E-state index contributed by atoms with van der Waals surface area (Å²) in [7, 11) is 4.53. The molecular weight excluding hydrogens is 484 g/mol. The third-order valence-electron chi connectivity index (χ3n) is 6.72. The Morgan fingerprint density at radius 3 is 2.49 bits per heavy atom. The van der Waals surface area contributed by atoms with Gasteiger partial charge in [-0.05, 0) is 32.0 Å². The topological polar surface area (TPSA) is 114 Å². The van der Waals surface area contributed by atoms with Gasteiger partial charge in [0, 0.05) is 62.9 Å². The van der Waals surface area contributed by atoms with Gasteiger partial charge in [-0.15, -0.1) is 0 Å². The van der Waals surface area contributed by atoms with E-state index in [1.807, 2.05) is 19.1 Å². The van der Waals surface area contributed by atoms with Gasteiger partial charge in [0.1, 0.15) is 35.4 Å². The lowest BCUT2D eigenvalue weighted by Gasteiger charge is -2.37. The van der Waals surface area contributed by atoms with Gasteiger partial charge in [-0.2, -0.15) is 8.78 Å². The van der Waals surface area contributed by atoms with E-state index in [2.05, 4.69) is 25.0 Å². The molecule has 3 heterocycles. The van der Waals surface area contributed by atoms with Crippen molar-refractivity contribution in [1.82, 2.24) is 15.0 Å². The van der Waals surface area contributed by atoms with Crippen molar-refractivity contribution in [2.45, 2.75) is 44.3 Å². The molecule has 9 nitrogen and oxygen atoms in total. The summed E-state index contributed by atoms with van der Waals surface area (Å²) in [6.07, 6.45) is 1.34. The van der Waals surface area contributed by atoms with Crippen LogP contribution < -0.4 is 15.8 Å². The average molecular weight is 518 g/mol. The van der Waals surface area contributed by atoms with Crippen LogP contribution in [-0.4, -0.2) is 56.1 Å². The number of anilines is 2. The number of aryl methyl sites for hydroxylation is 1. The van der Waals surface area contributed by atoms with Crippen molar-refractivity contribution in [3.05, 3.63) is 46.9 Å². The molecule has 3 N–H and O–H groups in total. The minimum atomic E-state index is -3.21. The fourth-order valence-electron chi connectivity index (χ4n) is 4.74. The summed E-state index contributed by atoms with van der Waals surface area (Å²) in [5.41, 5.74) is 6.94. The first-order chi connectivity index (χ1) is 17.6. The SMILES string of the molecule is COCC(F)(F)c1cc(N)nc([C@@H](C)Nc2nc(C)nc3cc(OC)c(C4(OC)CCOCC4)cc23)c1. The van der Waals surface area contributed by atoms with Crippen LogP contribution in [-0.2, 0) is 25.7 Å². The molecule has 200 valence electrons. The van der Waals surface area contributed by atoms with Crippen molar-refractivity contribution in [2.75, 3.05) is 52.2 Å². The zero-order chi connectivity index (χ0) is 26.8. The summed E-state index contributed by atoms with van der Waals surface area (Å²) < 4.78 is 51.1. The number of fused-ring (bicyclic) bond motifs is 1. The first-order valence-electron chi connectivity index (χ1n) is 12.0. The van der Waals surface area contributed by atoms with Gasteiger partial charge in [-0.1, -0.05) is 0 Å². The second-order valence-corrected chi connectivity index (χ2v) is 9.21. The smallest absolute Gasteiger partial charge is 0.296 e. The van der Waals surface area contributed by atoms with Crippen LogP contribution in [0.3, 0.4) is 0 Å². The summed E-state index contributed by atoms with van der Waals surface area (Å²) in [4.78, 5) is 13.5. The second-order valence-electron chi connectivity index (χ2n) is 9.21. The van der Waals surface area contributed by atoms with Crippen molar-refractivity contribution in [3.63, 3.8) is 0 Å². The number of halogens is 2. The van der Waals surface area contributed by atoms with E-state index in [1.165, 1.54) is 13.2 Å². The highest BCUT2D eigenvalue weighted by atomic mass is 19.3. The molecule has 0 amide bonds. The van der Waals surface area contributed by atoms with Crippen molar-refractivity contribution in [1.29, 1.82) is 0 Å². The molecule has 4 rings (SSSR count). The van der Waals surface area contributed by atoms with Crippen LogP contribution in [0, 0.1) is 6.92 Å². The minimum Gasteiger partial charge on any atom is -0.496 e. The molecular formula is C26H33F2N5O4. The second kappa shape index (κ2) is 10.7. The molecule has 1 aromatic carbocycles. The van der Waals surface area contributed by atoms with E-state index in [-0.39, 0.29) is 11.4 Å². The summed E-state index contributed by atoms with van der Waals surface area (Å²) in [6.45, 7) is 3.97. The van der Waals surface area contributed by atoms with E-state index in [4.69, 9.17) is 19.9 Å². The first kappa shape index (κ1) is 26.9. The molecule has 0 saturated carbocycles. The normalized spacial score (nSPS) is 16.5. The maximum Gasteiger partial charge on any atom is 0.296 e. The van der Waals surface area contributed by atoms with Crippen LogP contribution in [0.2, 0.25) is 0 Å². The highest BCUT2D eigenvalue weighted by Crippen LogP contribution is 2.43. The highest BCUT2D eigenvalue weighted by Gasteiger charge is 2.38. The maximum absolute atomic E-state index is 14.5. The molecule has 0 spiro atoms. The van der Waals surface area contributed by atoms with Gasteiger partial charge in [-0.25, -0.2) is 15.0 Å². The molecule has 0 unspecified atom stereocenters. The molecule has 2 aromatic heterocycles. The van der Waals surface area contributed by atoms with Crippen molar-refractivity contribution >= 4 is 22.5 Å². The number of nitrogens with one attached hydrogen (secondary N) is 1. The van der Waals surface area contributed by atoms with Gasteiger partial charge in [0.2, 0.25) is 0 Å². The minimum absolute atomic E-state index is 0.00534. The van der Waals surface area contributed by atoms with Crippen LogP contribution >= 0.6 is 0 Å². The number of nitrogens with zero attached hydrogens (tertiary/aromatic N) is 3. The molecule has 1 aliphatic rings. The quantitative estimate of drug-likeness (QED) is 0.424. The molecule has 11 heteroatoms. The number of methoxy groups -OCH3 is 3. The molecule has 0 radical (unpaired) electrons. The lowest BCUT2D eigenvalue weighted by Crippen LogP contribution is -2.36. The Kier molecular flexibility index (Phi) is 7.77. The summed E-state index contributed by atoms with van der Waals surface area (Å²) >= 11 is 0. The Morgan fingerprint density at radius 1 is 1.11 bits per heavy atom. The Hall–Kier alpha value is -3.15. The van der Waals surface area contributed by atoms with Gasteiger partial charge in [-0.3, -0.25) is 0 Å². The zero-order valence-electron chi connectivity index (χ0n) is 21.7. The van der Waals surface area contributed by atoms with E-state index >= 15 is 0 Å². The van der Waals surface area contributed by atoms with Crippen LogP contribution in [0.25, 0.3) is 10.9 Å². The lowest BCUT2D eigenvalue weighted by molar-refractivity contribution is -0.0956. The van der Waals surface area contributed by atoms with Crippen molar-refractivity contribution < 1.29 is 27.7 Å². The zero-order valence-corrected chi connectivity index (χ0v) is 21.7. The van der Waals surface area contributed by atoms with Gasteiger partial charge in [0.25, 0.3) is 5.92 Å². The number of nitrogen functional groups attached to an aromatic ring is 1. The molecule has 3 aromatic rings. The number of aromatic nitrogens is 3. The van der Waals surface area contributed by atoms with Gasteiger partial charge in [0.15, 0.2) is 0 Å². The predicted octanol–water partition coefficient (Wildman–Crippen LogP) is 4.49. The monoisotopic (exact) mass is 517 g/mol. The van der Waals surface area contributed by atoms with Crippen LogP contribution in [0.15, 0.2) is 24.3 Å². The Bertz CT molecular complexity index is 1270. The highest BCUT2D eigenvalue weighted by molar-refractivity contribution is 5.91. The van der Waals surface area contributed by atoms with Crippen LogP contribution in [0.5, 0.6) is 5.75 Å². The van der Waals surface area contributed by atoms with Crippen LogP contribution in [0.1, 0.15) is 48.5 Å². The lowest BCUT2D eigenvalue weighted by atomic mass is 9.84. The number of hydrogen-bond acceptors (Lipinski definition) is 9.